The second-order valence-electron chi connectivity index (χ2n) is 8.88. The number of aromatic nitrogens is 3. The Morgan fingerprint density at radius 3 is 2.51 bits per heavy atom. The molecule has 0 aliphatic rings. The molecule has 0 bridgehead atoms. The molecular weight excluding hydrogens is 538 g/mol. The molecule has 0 radical (unpaired) electrons. The van der Waals surface area contributed by atoms with Gasteiger partial charge < -0.3 is 9.73 Å². The lowest BCUT2D eigenvalue weighted by atomic mass is 9.87. The van der Waals surface area contributed by atoms with Crippen LogP contribution in [-0.2, 0) is 16.8 Å². The lowest BCUT2D eigenvalue weighted by Crippen LogP contribution is -2.16. The van der Waals surface area contributed by atoms with E-state index in [0.717, 1.165) is 23.4 Å². The molecule has 0 spiro atoms. The average Bonchev–Trinajstić information content (AvgIpc) is 3.45. The van der Waals surface area contributed by atoms with Gasteiger partial charge >= 0.3 is 0 Å². The zero-order chi connectivity index (χ0) is 25.2. The Balaban J connectivity index is 1.56. The summed E-state index contributed by atoms with van der Waals surface area (Å²) in [5.74, 6) is -0.779. The van der Waals surface area contributed by atoms with Crippen molar-refractivity contribution in [3.63, 3.8) is 0 Å². The van der Waals surface area contributed by atoms with Crippen LogP contribution in [0.1, 0.15) is 32.1 Å². The van der Waals surface area contributed by atoms with Gasteiger partial charge in [-0.25, -0.2) is 8.78 Å². The fourth-order valence-electron chi connectivity index (χ4n) is 3.40. The topological polar surface area (TPSA) is 73.0 Å². The number of carbonyl (C=O) groups excluding carboxylic acids is 1. The minimum absolute atomic E-state index is 0.0216. The summed E-state index contributed by atoms with van der Waals surface area (Å²) in [5.41, 5.74) is 1.98. The first-order chi connectivity index (χ1) is 16.6. The number of amides is 1. The maximum Gasteiger partial charge on any atom is 0.234 e. The molecule has 10 heteroatoms. The van der Waals surface area contributed by atoms with E-state index in [1.807, 2.05) is 22.8 Å². The van der Waals surface area contributed by atoms with Crippen LogP contribution in [0, 0.1) is 11.6 Å². The lowest BCUT2D eigenvalue weighted by Gasteiger charge is -2.19. The largest absolute Gasteiger partial charge is 0.467 e. The molecule has 1 amide bonds. The van der Waals surface area contributed by atoms with E-state index >= 15 is 0 Å². The minimum Gasteiger partial charge on any atom is -0.467 e. The highest BCUT2D eigenvalue weighted by molar-refractivity contribution is 9.10. The van der Waals surface area contributed by atoms with Crippen LogP contribution in [0.5, 0.6) is 0 Å². The number of benzene rings is 2. The van der Waals surface area contributed by atoms with E-state index in [-0.39, 0.29) is 21.3 Å². The lowest BCUT2D eigenvalue weighted by molar-refractivity contribution is -0.113. The third kappa shape index (κ3) is 5.99. The molecule has 0 unspecified atom stereocenters. The summed E-state index contributed by atoms with van der Waals surface area (Å²) in [5, 5.41) is 11.6. The summed E-state index contributed by atoms with van der Waals surface area (Å²) in [6, 6.07) is 13.6. The summed E-state index contributed by atoms with van der Waals surface area (Å²) in [4.78, 5) is 12.5. The number of thioether (sulfide) groups is 1. The van der Waals surface area contributed by atoms with Crippen molar-refractivity contribution in [1.29, 1.82) is 0 Å². The molecule has 1 N–H and O–H groups in total. The molecule has 35 heavy (non-hydrogen) atoms. The zero-order valence-electron chi connectivity index (χ0n) is 19.3. The summed E-state index contributed by atoms with van der Waals surface area (Å²) >= 11 is 4.23. The van der Waals surface area contributed by atoms with Crippen molar-refractivity contribution in [2.75, 3.05) is 11.1 Å². The number of nitrogens with one attached hydrogen (secondary N) is 1. The number of anilines is 1. The van der Waals surface area contributed by atoms with Gasteiger partial charge in [-0.1, -0.05) is 56.8 Å². The molecule has 4 aromatic rings. The molecule has 0 atom stereocenters. The Morgan fingerprint density at radius 2 is 1.89 bits per heavy atom. The molecule has 0 fully saturated rings. The van der Waals surface area contributed by atoms with Crippen molar-refractivity contribution in [2.24, 2.45) is 0 Å². The van der Waals surface area contributed by atoms with Crippen LogP contribution in [0.2, 0.25) is 0 Å². The van der Waals surface area contributed by atoms with Gasteiger partial charge in [0.2, 0.25) is 5.91 Å². The molecule has 6 nitrogen and oxygen atoms in total. The van der Waals surface area contributed by atoms with Gasteiger partial charge in [0.05, 0.1) is 24.2 Å². The van der Waals surface area contributed by atoms with E-state index in [2.05, 4.69) is 64.3 Å². The second kappa shape index (κ2) is 10.3. The Hall–Kier alpha value is -2.98. The van der Waals surface area contributed by atoms with Crippen LogP contribution >= 0.6 is 27.7 Å². The molecular formula is C25H23BrF2N4O2S. The number of nitrogens with zero attached hydrogens (tertiary/aromatic N) is 3. The van der Waals surface area contributed by atoms with E-state index in [4.69, 9.17) is 4.42 Å². The first-order valence-corrected chi connectivity index (χ1v) is 12.5. The van der Waals surface area contributed by atoms with Crippen LogP contribution < -0.4 is 5.32 Å². The Labute approximate surface area is 214 Å². The van der Waals surface area contributed by atoms with Crippen molar-refractivity contribution < 1.29 is 18.0 Å². The second-order valence-corrected chi connectivity index (χ2v) is 10.7. The van der Waals surface area contributed by atoms with Crippen LogP contribution in [0.4, 0.5) is 14.5 Å². The highest BCUT2D eigenvalue weighted by Crippen LogP contribution is 2.30. The Kier molecular flexibility index (Phi) is 7.42. The normalized spacial score (nSPS) is 11.6. The minimum atomic E-state index is -0.864. The molecule has 182 valence electrons. The van der Waals surface area contributed by atoms with Gasteiger partial charge in [0.1, 0.15) is 11.6 Å². The number of furan rings is 1. The van der Waals surface area contributed by atoms with Crippen molar-refractivity contribution in [3.8, 4) is 11.4 Å². The van der Waals surface area contributed by atoms with Crippen LogP contribution in [0.25, 0.3) is 11.4 Å². The van der Waals surface area contributed by atoms with Crippen molar-refractivity contribution in [3.05, 3.63) is 82.2 Å². The number of rotatable bonds is 7. The maximum atomic E-state index is 14.1. The third-order valence-electron chi connectivity index (χ3n) is 5.22. The summed E-state index contributed by atoms with van der Waals surface area (Å²) in [6.07, 6.45) is 1.59. The van der Waals surface area contributed by atoms with E-state index in [1.165, 1.54) is 5.56 Å². The monoisotopic (exact) mass is 560 g/mol. The van der Waals surface area contributed by atoms with Gasteiger partial charge in [0, 0.05) is 16.1 Å². The van der Waals surface area contributed by atoms with Gasteiger partial charge in [-0.2, -0.15) is 0 Å². The van der Waals surface area contributed by atoms with Gasteiger partial charge in [-0.3, -0.25) is 9.36 Å². The number of halogens is 3. The molecule has 2 aromatic carbocycles. The molecule has 4 rings (SSSR count). The quantitative estimate of drug-likeness (QED) is 0.256. The zero-order valence-corrected chi connectivity index (χ0v) is 21.7. The summed E-state index contributed by atoms with van der Waals surface area (Å²) < 4.78 is 34.9. The first-order valence-electron chi connectivity index (χ1n) is 10.8. The first kappa shape index (κ1) is 25.1. The molecule has 2 aromatic heterocycles. The average molecular weight is 561 g/mol. The van der Waals surface area contributed by atoms with E-state index in [9.17, 15) is 13.6 Å². The van der Waals surface area contributed by atoms with E-state index in [1.54, 1.807) is 12.3 Å². The smallest absolute Gasteiger partial charge is 0.234 e. The maximum absolute atomic E-state index is 14.1. The molecule has 0 aliphatic heterocycles. The van der Waals surface area contributed by atoms with Gasteiger partial charge in [0.25, 0.3) is 0 Å². The van der Waals surface area contributed by atoms with E-state index in [0.29, 0.717) is 29.4 Å². The van der Waals surface area contributed by atoms with Crippen LogP contribution in [0.15, 0.2) is 68.8 Å². The van der Waals surface area contributed by atoms with Gasteiger partial charge in [-0.15, -0.1) is 10.2 Å². The molecule has 0 saturated carbocycles. The van der Waals surface area contributed by atoms with E-state index < -0.39 is 17.5 Å². The fourth-order valence-corrected chi connectivity index (χ4v) is 4.64. The van der Waals surface area contributed by atoms with Gasteiger partial charge in [0.15, 0.2) is 16.8 Å². The number of hydrogen-bond acceptors (Lipinski definition) is 5. The van der Waals surface area contributed by atoms with Crippen molar-refractivity contribution >= 4 is 39.3 Å². The van der Waals surface area contributed by atoms with Crippen LogP contribution in [-0.4, -0.2) is 26.4 Å². The highest BCUT2D eigenvalue weighted by Gasteiger charge is 2.20. The third-order valence-corrected chi connectivity index (χ3v) is 6.82. The molecule has 0 saturated heterocycles. The predicted octanol–water partition coefficient (Wildman–Crippen LogP) is 6.66. The standard InChI is InChI=1S/C25H23BrF2N4O2S/c1-25(2,3)16-8-6-15(7-9-16)23-30-31-24(32(23)13-18-5-4-10-34-18)35-14-21(33)29-22-19(26)11-17(27)12-20(22)28/h4-12H,13-14H2,1-3H3,(H,29,33). The highest BCUT2D eigenvalue weighted by atomic mass is 79.9. The van der Waals surface area contributed by atoms with Gasteiger partial charge in [-0.05, 0) is 45.1 Å². The van der Waals surface area contributed by atoms with Crippen LogP contribution in [0.3, 0.4) is 0 Å². The Bertz CT molecular complexity index is 1310. The van der Waals surface area contributed by atoms with Crippen molar-refractivity contribution in [2.45, 2.75) is 37.9 Å². The Morgan fingerprint density at radius 1 is 1.14 bits per heavy atom. The molecule has 0 aliphatic carbocycles. The number of hydrogen-bond donors (Lipinski definition) is 1. The number of carbonyl (C=O) groups is 1. The summed E-state index contributed by atoms with van der Waals surface area (Å²) in [7, 11) is 0. The summed E-state index contributed by atoms with van der Waals surface area (Å²) in [6.45, 7) is 6.82. The molecule has 2 heterocycles. The predicted molar refractivity (Wildman–Crippen MR) is 135 cm³/mol. The van der Waals surface area contributed by atoms with Crippen molar-refractivity contribution in [1.82, 2.24) is 14.8 Å². The fraction of sp³-hybridized carbons (Fsp3) is 0.240. The SMILES string of the molecule is CC(C)(C)c1ccc(-c2nnc(SCC(=O)Nc3c(F)cc(F)cc3Br)n2Cc2ccco2)cc1.